The van der Waals surface area contributed by atoms with Crippen LogP contribution in [0.25, 0.3) is 5.69 Å². The molecule has 128 valence electrons. The van der Waals surface area contributed by atoms with E-state index < -0.39 is 11.4 Å². The molecule has 1 heterocycles. The topological polar surface area (TPSA) is 84.2 Å². The third-order valence-corrected chi connectivity index (χ3v) is 4.15. The standard InChI is InChI=1S/C16H17Cl2N3O3/c1-16(2,15(23)24)5-6-19-14(22)10-8-20-21(9-10)13-4-3-11(17)7-12(13)18/h3-4,7-9H,5-6H2,1-2H3,(H,19,22)(H,23,24). The van der Waals surface area contributed by atoms with Gasteiger partial charge in [0.2, 0.25) is 0 Å². The summed E-state index contributed by atoms with van der Waals surface area (Å²) >= 11 is 12.0. The van der Waals surface area contributed by atoms with Crippen molar-refractivity contribution in [1.29, 1.82) is 0 Å². The molecule has 8 heteroatoms. The van der Waals surface area contributed by atoms with Crippen molar-refractivity contribution < 1.29 is 14.7 Å². The van der Waals surface area contributed by atoms with Crippen LogP contribution in [0.2, 0.25) is 10.0 Å². The Balaban J connectivity index is 2.02. The van der Waals surface area contributed by atoms with Gasteiger partial charge in [-0.2, -0.15) is 5.10 Å². The third kappa shape index (κ3) is 4.27. The highest BCUT2D eigenvalue weighted by Gasteiger charge is 2.26. The largest absolute Gasteiger partial charge is 0.481 e. The number of nitrogens with zero attached hydrogens (tertiary/aromatic N) is 2. The number of halogens is 2. The molecule has 0 saturated carbocycles. The number of benzene rings is 1. The van der Waals surface area contributed by atoms with Crippen LogP contribution in [0, 0.1) is 5.41 Å². The summed E-state index contributed by atoms with van der Waals surface area (Å²) in [4.78, 5) is 23.2. The number of aliphatic carboxylic acids is 1. The van der Waals surface area contributed by atoms with E-state index in [1.165, 1.54) is 10.9 Å². The van der Waals surface area contributed by atoms with Gasteiger partial charge in [0, 0.05) is 17.8 Å². The normalized spacial score (nSPS) is 11.3. The molecule has 0 aliphatic rings. The van der Waals surface area contributed by atoms with Crippen LogP contribution in [0.4, 0.5) is 0 Å². The Kier molecular flexibility index (Phi) is 5.51. The van der Waals surface area contributed by atoms with E-state index in [1.54, 1.807) is 38.2 Å². The summed E-state index contributed by atoms with van der Waals surface area (Å²) in [6, 6.07) is 4.97. The number of amides is 1. The maximum absolute atomic E-state index is 12.1. The van der Waals surface area contributed by atoms with Gasteiger partial charge in [0.1, 0.15) is 0 Å². The Labute approximate surface area is 149 Å². The van der Waals surface area contributed by atoms with Gasteiger partial charge >= 0.3 is 5.97 Å². The molecule has 0 atom stereocenters. The highest BCUT2D eigenvalue weighted by molar-refractivity contribution is 6.35. The average molecular weight is 370 g/mol. The van der Waals surface area contributed by atoms with E-state index >= 15 is 0 Å². The summed E-state index contributed by atoms with van der Waals surface area (Å²) in [5, 5.41) is 16.8. The second-order valence-corrected chi connectivity index (χ2v) is 6.81. The lowest BCUT2D eigenvalue weighted by Crippen LogP contribution is -2.31. The summed E-state index contributed by atoms with van der Waals surface area (Å²) in [6.45, 7) is 3.48. The lowest BCUT2D eigenvalue weighted by molar-refractivity contribution is -0.147. The van der Waals surface area contributed by atoms with Crippen molar-refractivity contribution in [2.75, 3.05) is 6.54 Å². The molecule has 1 aromatic carbocycles. The SMILES string of the molecule is CC(C)(CCNC(=O)c1cnn(-c2ccc(Cl)cc2Cl)c1)C(=O)O. The molecule has 6 nitrogen and oxygen atoms in total. The van der Waals surface area contributed by atoms with Crippen molar-refractivity contribution in [1.82, 2.24) is 15.1 Å². The fourth-order valence-electron chi connectivity index (χ4n) is 1.94. The zero-order valence-electron chi connectivity index (χ0n) is 13.2. The number of aromatic nitrogens is 2. The Bertz CT molecular complexity index is 772. The highest BCUT2D eigenvalue weighted by Crippen LogP contribution is 2.24. The Morgan fingerprint density at radius 1 is 1.33 bits per heavy atom. The number of carbonyl (C=O) groups is 2. The molecule has 1 amide bonds. The second kappa shape index (κ2) is 7.23. The van der Waals surface area contributed by atoms with Crippen LogP contribution in [0.1, 0.15) is 30.6 Å². The highest BCUT2D eigenvalue weighted by atomic mass is 35.5. The summed E-state index contributed by atoms with van der Waals surface area (Å²) in [5.74, 6) is -1.23. The van der Waals surface area contributed by atoms with Crippen molar-refractivity contribution in [2.24, 2.45) is 5.41 Å². The molecular formula is C16H17Cl2N3O3. The van der Waals surface area contributed by atoms with Crippen LogP contribution < -0.4 is 5.32 Å². The molecule has 1 aromatic heterocycles. The number of nitrogens with one attached hydrogen (secondary N) is 1. The smallest absolute Gasteiger partial charge is 0.309 e. The van der Waals surface area contributed by atoms with Gasteiger partial charge in [-0.15, -0.1) is 0 Å². The molecule has 0 aliphatic carbocycles. The van der Waals surface area contributed by atoms with Gasteiger partial charge in [-0.3, -0.25) is 9.59 Å². The van der Waals surface area contributed by atoms with E-state index in [0.29, 0.717) is 27.7 Å². The first-order chi connectivity index (χ1) is 11.2. The Morgan fingerprint density at radius 3 is 2.67 bits per heavy atom. The summed E-state index contributed by atoms with van der Waals surface area (Å²) in [7, 11) is 0. The van der Waals surface area contributed by atoms with E-state index in [4.69, 9.17) is 28.3 Å². The van der Waals surface area contributed by atoms with Crippen molar-refractivity contribution in [3.63, 3.8) is 0 Å². The Hall–Kier alpha value is -2.05. The fraction of sp³-hybridized carbons (Fsp3) is 0.312. The van der Waals surface area contributed by atoms with E-state index in [1.807, 2.05) is 0 Å². The van der Waals surface area contributed by atoms with Gasteiger partial charge < -0.3 is 10.4 Å². The van der Waals surface area contributed by atoms with Gasteiger partial charge in [-0.05, 0) is 38.5 Å². The van der Waals surface area contributed by atoms with Crippen LogP contribution in [0.15, 0.2) is 30.6 Å². The van der Waals surface area contributed by atoms with E-state index in [0.717, 1.165) is 0 Å². The first kappa shape index (κ1) is 18.3. The zero-order valence-corrected chi connectivity index (χ0v) is 14.7. The minimum atomic E-state index is -0.901. The lowest BCUT2D eigenvalue weighted by Gasteiger charge is -2.18. The molecule has 24 heavy (non-hydrogen) atoms. The molecule has 0 saturated heterocycles. The van der Waals surface area contributed by atoms with Gasteiger partial charge in [-0.25, -0.2) is 4.68 Å². The molecule has 2 rings (SSSR count). The first-order valence-corrected chi connectivity index (χ1v) is 7.98. The van der Waals surface area contributed by atoms with E-state index in [-0.39, 0.29) is 12.5 Å². The first-order valence-electron chi connectivity index (χ1n) is 7.22. The number of carbonyl (C=O) groups excluding carboxylic acids is 1. The van der Waals surface area contributed by atoms with Crippen molar-refractivity contribution in [3.05, 3.63) is 46.2 Å². The molecule has 0 spiro atoms. The van der Waals surface area contributed by atoms with Gasteiger partial charge in [0.15, 0.2) is 0 Å². The number of carboxylic acid groups (broad SMARTS) is 1. The molecule has 0 bridgehead atoms. The summed E-state index contributed by atoms with van der Waals surface area (Å²) in [5.41, 5.74) is 0.0650. The van der Waals surface area contributed by atoms with Crippen molar-refractivity contribution in [2.45, 2.75) is 20.3 Å². The minimum absolute atomic E-state index is 0.255. The number of hydrogen-bond acceptors (Lipinski definition) is 3. The fourth-order valence-corrected chi connectivity index (χ4v) is 2.43. The lowest BCUT2D eigenvalue weighted by atomic mass is 9.90. The van der Waals surface area contributed by atoms with Crippen LogP contribution in [0.5, 0.6) is 0 Å². The second-order valence-electron chi connectivity index (χ2n) is 5.96. The predicted octanol–water partition coefficient (Wildman–Crippen LogP) is 3.41. The van der Waals surface area contributed by atoms with E-state index in [2.05, 4.69) is 10.4 Å². The van der Waals surface area contributed by atoms with Gasteiger partial charge in [-0.1, -0.05) is 23.2 Å². The Morgan fingerprint density at radius 2 is 2.04 bits per heavy atom. The van der Waals surface area contributed by atoms with Crippen LogP contribution in [-0.2, 0) is 4.79 Å². The average Bonchev–Trinajstić information content (AvgIpc) is 2.96. The van der Waals surface area contributed by atoms with Gasteiger partial charge in [0.25, 0.3) is 5.91 Å². The molecule has 2 aromatic rings. The van der Waals surface area contributed by atoms with Crippen LogP contribution >= 0.6 is 23.2 Å². The number of rotatable bonds is 6. The van der Waals surface area contributed by atoms with Crippen molar-refractivity contribution >= 4 is 35.1 Å². The van der Waals surface area contributed by atoms with Crippen LogP contribution in [0.3, 0.4) is 0 Å². The van der Waals surface area contributed by atoms with Crippen molar-refractivity contribution in [3.8, 4) is 5.69 Å². The monoisotopic (exact) mass is 369 g/mol. The molecule has 0 radical (unpaired) electrons. The van der Waals surface area contributed by atoms with Crippen LogP contribution in [-0.4, -0.2) is 33.3 Å². The quantitative estimate of drug-likeness (QED) is 0.816. The maximum Gasteiger partial charge on any atom is 0.309 e. The molecular weight excluding hydrogens is 353 g/mol. The summed E-state index contributed by atoms with van der Waals surface area (Å²) < 4.78 is 1.48. The van der Waals surface area contributed by atoms with E-state index in [9.17, 15) is 9.59 Å². The molecule has 0 unspecified atom stereocenters. The number of carboxylic acids is 1. The number of hydrogen-bond donors (Lipinski definition) is 2. The third-order valence-electron chi connectivity index (χ3n) is 3.62. The maximum atomic E-state index is 12.1. The molecule has 0 aliphatic heterocycles. The zero-order chi connectivity index (χ0) is 17.9. The predicted molar refractivity (Wildman–Crippen MR) is 92.0 cm³/mol. The molecule has 2 N–H and O–H groups in total. The summed E-state index contributed by atoms with van der Waals surface area (Å²) in [6.07, 6.45) is 3.29. The van der Waals surface area contributed by atoms with Gasteiger partial charge in [0.05, 0.1) is 27.9 Å². The molecule has 0 fully saturated rings. The minimum Gasteiger partial charge on any atom is -0.481 e.